The van der Waals surface area contributed by atoms with Crippen LogP contribution in [0.1, 0.15) is 22.8 Å². The number of nitrogens with zero attached hydrogens (tertiary/aromatic N) is 1. The van der Waals surface area contributed by atoms with E-state index in [1.165, 1.54) is 28.8 Å². The molecule has 1 saturated heterocycles. The first-order valence-corrected chi connectivity index (χ1v) is 8.85. The fourth-order valence-corrected chi connectivity index (χ4v) is 3.87. The normalized spacial score (nSPS) is 16.3. The van der Waals surface area contributed by atoms with Crippen molar-refractivity contribution in [3.05, 3.63) is 69.6 Å². The Bertz CT molecular complexity index is 905. The number of allylic oxidation sites excluding steroid dienone is 1. The van der Waals surface area contributed by atoms with E-state index in [0.717, 1.165) is 11.1 Å². The summed E-state index contributed by atoms with van der Waals surface area (Å²) in [6.07, 6.45) is 0. The van der Waals surface area contributed by atoms with Gasteiger partial charge in [-0.15, -0.1) is 0 Å². The molecule has 1 aliphatic rings. The highest BCUT2D eigenvalue weighted by atomic mass is 35.5. The van der Waals surface area contributed by atoms with Gasteiger partial charge in [0.25, 0.3) is 5.91 Å². The SMILES string of the molecule is CC(=C1SC(=S)N(c2ccc(C(=O)O)cc2)C1=O)c1ccc(Cl)cc1. The number of halogens is 1. The molecule has 0 saturated carbocycles. The predicted octanol–water partition coefficient (Wildman–Crippen LogP) is 4.83. The molecule has 0 spiro atoms. The lowest BCUT2D eigenvalue weighted by Gasteiger charge is -2.14. The summed E-state index contributed by atoms with van der Waals surface area (Å²) in [6, 6.07) is 13.3. The molecule has 1 aliphatic heterocycles. The minimum Gasteiger partial charge on any atom is -0.478 e. The number of hydrogen-bond acceptors (Lipinski definition) is 4. The number of anilines is 1. The molecule has 3 rings (SSSR count). The number of carboxylic acids is 1. The molecular formula is C18H12ClNO3S2. The van der Waals surface area contributed by atoms with Crippen LogP contribution in [0.25, 0.3) is 5.57 Å². The van der Waals surface area contributed by atoms with Crippen LogP contribution in [-0.4, -0.2) is 21.3 Å². The Morgan fingerprint density at radius 2 is 1.64 bits per heavy atom. The van der Waals surface area contributed by atoms with E-state index < -0.39 is 5.97 Å². The minimum atomic E-state index is -1.02. The Morgan fingerprint density at radius 3 is 2.20 bits per heavy atom. The van der Waals surface area contributed by atoms with Crippen molar-refractivity contribution < 1.29 is 14.7 Å². The Kier molecular flexibility index (Phi) is 4.94. The van der Waals surface area contributed by atoms with Crippen LogP contribution in [0.15, 0.2) is 53.4 Å². The second-order valence-corrected chi connectivity index (χ2v) is 7.40. The topological polar surface area (TPSA) is 57.6 Å². The van der Waals surface area contributed by atoms with Crippen molar-refractivity contribution in [2.45, 2.75) is 6.92 Å². The third-order valence-corrected chi connectivity index (χ3v) is 5.49. The first kappa shape index (κ1) is 17.7. The van der Waals surface area contributed by atoms with Crippen molar-refractivity contribution >= 4 is 63.0 Å². The third kappa shape index (κ3) is 3.46. The van der Waals surface area contributed by atoms with Crippen LogP contribution in [0.2, 0.25) is 5.02 Å². The van der Waals surface area contributed by atoms with Gasteiger partial charge in [0, 0.05) is 5.02 Å². The number of aromatic carboxylic acids is 1. The van der Waals surface area contributed by atoms with Crippen LogP contribution in [-0.2, 0) is 4.79 Å². The van der Waals surface area contributed by atoms with E-state index in [0.29, 0.717) is 19.9 Å². The van der Waals surface area contributed by atoms with Gasteiger partial charge in [-0.1, -0.05) is 47.7 Å². The van der Waals surface area contributed by atoms with Gasteiger partial charge in [0.05, 0.1) is 16.2 Å². The summed E-state index contributed by atoms with van der Waals surface area (Å²) in [5.41, 5.74) is 2.42. The fraction of sp³-hybridized carbons (Fsp3) is 0.0556. The van der Waals surface area contributed by atoms with E-state index in [1.807, 2.05) is 19.1 Å². The summed E-state index contributed by atoms with van der Waals surface area (Å²) in [6.45, 7) is 1.86. The summed E-state index contributed by atoms with van der Waals surface area (Å²) in [5.74, 6) is -1.24. The average Bonchev–Trinajstić information content (AvgIpc) is 2.89. The molecule has 0 radical (unpaired) electrons. The number of hydrogen-bond donors (Lipinski definition) is 1. The summed E-state index contributed by atoms with van der Waals surface area (Å²) in [7, 11) is 0. The highest BCUT2D eigenvalue weighted by Crippen LogP contribution is 2.39. The number of thiocarbonyl (C=S) groups is 1. The fourth-order valence-electron chi connectivity index (χ4n) is 2.40. The molecule has 0 atom stereocenters. The highest BCUT2D eigenvalue weighted by Gasteiger charge is 2.34. The molecule has 1 heterocycles. The van der Waals surface area contributed by atoms with Crippen LogP contribution in [0.4, 0.5) is 5.69 Å². The van der Waals surface area contributed by atoms with Crippen molar-refractivity contribution in [2.75, 3.05) is 4.90 Å². The number of thioether (sulfide) groups is 1. The van der Waals surface area contributed by atoms with E-state index in [-0.39, 0.29) is 11.5 Å². The van der Waals surface area contributed by atoms with Gasteiger partial charge in [0.15, 0.2) is 4.32 Å². The molecule has 1 amide bonds. The van der Waals surface area contributed by atoms with Gasteiger partial charge in [-0.2, -0.15) is 0 Å². The van der Waals surface area contributed by atoms with Crippen molar-refractivity contribution in [1.82, 2.24) is 0 Å². The van der Waals surface area contributed by atoms with Gasteiger partial charge >= 0.3 is 5.97 Å². The Hall–Kier alpha value is -2.15. The molecule has 7 heteroatoms. The number of benzene rings is 2. The molecule has 0 bridgehead atoms. The van der Waals surface area contributed by atoms with Gasteiger partial charge in [0.1, 0.15) is 0 Å². The number of carbonyl (C=O) groups excluding carboxylic acids is 1. The van der Waals surface area contributed by atoms with Gasteiger partial charge in [0.2, 0.25) is 0 Å². The van der Waals surface area contributed by atoms with E-state index in [2.05, 4.69) is 0 Å². The lowest BCUT2D eigenvalue weighted by molar-refractivity contribution is -0.113. The predicted molar refractivity (Wildman–Crippen MR) is 105 cm³/mol. The number of amides is 1. The van der Waals surface area contributed by atoms with Gasteiger partial charge < -0.3 is 5.11 Å². The van der Waals surface area contributed by atoms with Gasteiger partial charge in [-0.05, 0) is 54.5 Å². The first-order valence-electron chi connectivity index (χ1n) is 7.25. The highest BCUT2D eigenvalue weighted by molar-refractivity contribution is 8.27. The minimum absolute atomic E-state index is 0.155. The monoisotopic (exact) mass is 389 g/mol. The molecule has 1 fully saturated rings. The van der Waals surface area contributed by atoms with Gasteiger partial charge in [-0.3, -0.25) is 9.69 Å². The maximum atomic E-state index is 12.8. The summed E-state index contributed by atoms with van der Waals surface area (Å²) in [5, 5.41) is 9.61. The zero-order valence-electron chi connectivity index (χ0n) is 13.0. The third-order valence-electron chi connectivity index (χ3n) is 3.76. The van der Waals surface area contributed by atoms with Crippen molar-refractivity contribution in [3.8, 4) is 0 Å². The summed E-state index contributed by atoms with van der Waals surface area (Å²) >= 11 is 12.5. The number of carboxylic acid groups (broad SMARTS) is 1. The van der Waals surface area contributed by atoms with Crippen LogP contribution in [0.3, 0.4) is 0 Å². The Balaban J connectivity index is 1.95. The van der Waals surface area contributed by atoms with E-state index >= 15 is 0 Å². The zero-order chi connectivity index (χ0) is 18.1. The number of carbonyl (C=O) groups is 2. The molecule has 2 aromatic carbocycles. The lowest BCUT2D eigenvalue weighted by atomic mass is 10.1. The second kappa shape index (κ2) is 7.00. The van der Waals surface area contributed by atoms with Crippen LogP contribution >= 0.6 is 35.6 Å². The molecule has 0 aliphatic carbocycles. The Morgan fingerprint density at radius 1 is 1.08 bits per heavy atom. The molecule has 2 aromatic rings. The lowest BCUT2D eigenvalue weighted by Crippen LogP contribution is -2.27. The quantitative estimate of drug-likeness (QED) is 0.601. The molecular weight excluding hydrogens is 378 g/mol. The van der Waals surface area contributed by atoms with Crippen molar-refractivity contribution in [2.24, 2.45) is 0 Å². The van der Waals surface area contributed by atoms with Crippen LogP contribution < -0.4 is 4.90 Å². The molecule has 1 N–H and O–H groups in total. The zero-order valence-corrected chi connectivity index (χ0v) is 15.4. The Labute approximate surface area is 159 Å². The van der Waals surface area contributed by atoms with Gasteiger partial charge in [-0.25, -0.2) is 4.79 Å². The van der Waals surface area contributed by atoms with E-state index in [9.17, 15) is 9.59 Å². The van der Waals surface area contributed by atoms with E-state index in [1.54, 1.807) is 24.3 Å². The smallest absolute Gasteiger partial charge is 0.335 e. The molecule has 126 valence electrons. The molecule has 0 unspecified atom stereocenters. The van der Waals surface area contributed by atoms with Crippen LogP contribution in [0, 0.1) is 0 Å². The summed E-state index contributed by atoms with van der Waals surface area (Å²) < 4.78 is 0.413. The first-order chi connectivity index (χ1) is 11.9. The maximum Gasteiger partial charge on any atom is 0.335 e. The number of rotatable bonds is 3. The standard InChI is InChI=1S/C18H12ClNO3S2/c1-10(11-2-6-13(19)7-3-11)15-16(21)20(18(24)25-15)14-8-4-12(5-9-14)17(22)23/h2-9H,1H3,(H,22,23). The van der Waals surface area contributed by atoms with E-state index in [4.69, 9.17) is 28.9 Å². The molecule has 0 aromatic heterocycles. The van der Waals surface area contributed by atoms with Crippen LogP contribution in [0.5, 0.6) is 0 Å². The van der Waals surface area contributed by atoms with Crippen molar-refractivity contribution in [3.63, 3.8) is 0 Å². The maximum absolute atomic E-state index is 12.8. The largest absolute Gasteiger partial charge is 0.478 e. The second-order valence-electron chi connectivity index (χ2n) is 5.32. The van der Waals surface area contributed by atoms with Crippen molar-refractivity contribution in [1.29, 1.82) is 0 Å². The molecule has 4 nitrogen and oxygen atoms in total. The summed E-state index contributed by atoms with van der Waals surface area (Å²) in [4.78, 5) is 25.8. The molecule has 25 heavy (non-hydrogen) atoms. The average molecular weight is 390 g/mol.